The zero-order valence-electron chi connectivity index (χ0n) is 14.6. The molecule has 3 rings (SSSR count). The van der Waals surface area contributed by atoms with E-state index in [9.17, 15) is 25.9 Å². The molecule has 2 N–H and O–H groups in total. The van der Waals surface area contributed by atoms with Crippen LogP contribution in [0.2, 0.25) is 0 Å². The highest BCUT2D eigenvalue weighted by Crippen LogP contribution is 2.52. The Bertz CT molecular complexity index is 946. The lowest BCUT2D eigenvalue weighted by atomic mass is 9.54. The van der Waals surface area contributed by atoms with Gasteiger partial charge in [-0.3, -0.25) is 10.1 Å². The summed E-state index contributed by atoms with van der Waals surface area (Å²) in [6.45, 7) is 1.32. The van der Waals surface area contributed by atoms with E-state index in [4.69, 9.17) is 5.41 Å². The van der Waals surface area contributed by atoms with Crippen LogP contribution in [0.15, 0.2) is 35.9 Å². The molecule has 0 spiro atoms. The average Bonchev–Trinajstić information content (AvgIpc) is 2.67. The van der Waals surface area contributed by atoms with Crippen LogP contribution in [0.3, 0.4) is 0 Å². The van der Waals surface area contributed by atoms with Crippen molar-refractivity contribution in [3.63, 3.8) is 0 Å². The van der Waals surface area contributed by atoms with Crippen molar-refractivity contribution in [2.75, 3.05) is 20.1 Å². The van der Waals surface area contributed by atoms with E-state index in [0.717, 1.165) is 5.57 Å². The van der Waals surface area contributed by atoms with Crippen LogP contribution >= 0.6 is 0 Å². The zero-order valence-corrected chi connectivity index (χ0v) is 14.6. The van der Waals surface area contributed by atoms with Crippen LogP contribution in [0.25, 0.3) is 0 Å². The number of hydrogen-bond acceptors (Lipinski definition) is 6. The fourth-order valence-corrected chi connectivity index (χ4v) is 4.24. The summed E-state index contributed by atoms with van der Waals surface area (Å²) in [5, 5.41) is 48.9. The minimum absolute atomic E-state index is 0.0822. The molecule has 0 radical (unpaired) electrons. The van der Waals surface area contributed by atoms with Crippen molar-refractivity contribution in [2.45, 2.75) is 5.92 Å². The number of non-ortho nitro benzene ring substituents is 1. The van der Waals surface area contributed by atoms with E-state index >= 15 is 0 Å². The molecule has 2 unspecified atom stereocenters. The maximum atomic E-state index is 11.0. The number of benzene rings is 1. The van der Waals surface area contributed by atoms with Crippen molar-refractivity contribution in [3.05, 3.63) is 51.6 Å². The van der Waals surface area contributed by atoms with Gasteiger partial charge in [-0.1, -0.05) is 12.1 Å². The Morgan fingerprint density at radius 3 is 2.41 bits per heavy atom. The lowest BCUT2D eigenvalue weighted by Crippen LogP contribution is -3.10. The molecule has 1 heterocycles. The summed E-state index contributed by atoms with van der Waals surface area (Å²) < 4.78 is 0. The summed E-state index contributed by atoms with van der Waals surface area (Å²) in [5.41, 5.74) is -0.703. The van der Waals surface area contributed by atoms with Crippen molar-refractivity contribution in [1.82, 2.24) is 0 Å². The van der Waals surface area contributed by atoms with E-state index < -0.39 is 22.2 Å². The number of nitriles is 3. The Balaban J connectivity index is 2.22. The normalized spacial score (nSPS) is 28.7. The molecule has 4 atom stereocenters. The molecule has 0 bridgehead atoms. The summed E-state index contributed by atoms with van der Waals surface area (Å²) in [7, 11) is 1.99. The van der Waals surface area contributed by atoms with Crippen LogP contribution < -0.4 is 4.90 Å². The Morgan fingerprint density at radius 2 is 1.89 bits per heavy atom. The zero-order chi connectivity index (χ0) is 19.8. The van der Waals surface area contributed by atoms with E-state index in [1.54, 1.807) is 12.1 Å². The fourth-order valence-electron chi connectivity index (χ4n) is 4.24. The van der Waals surface area contributed by atoms with Gasteiger partial charge in [-0.25, -0.2) is 0 Å². The molecule has 1 aromatic rings. The Kier molecular flexibility index (Phi) is 4.49. The largest absolute Gasteiger partial charge is 0.334 e. The maximum absolute atomic E-state index is 11.0. The Morgan fingerprint density at radius 1 is 1.26 bits per heavy atom. The van der Waals surface area contributed by atoms with Gasteiger partial charge in [0, 0.05) is 24.0 Å². The number of nitro groups is 1. The highest BCUT2D eigenvalue weighted by molar-refractivity contribution is 6.00. The molecule has 2 aliphatic rings. The summed E-state index contributed by atoms with van der Waals surface area (Å²) in [4.78, 5) is 11.6. The second-order valence-electron chi connectivity index (χ2n) is 7.01. The second kappa shape index (κ2) is 6.64. The fraction of sp³-hybridized carbons (Fsp3) is 0.368. The van der Waals surface area contributed by atoms with Gasteiger partial charge in [0.2, 0.25) is 0 Å². The third-order valence-corrected chi connectivity index (χ3v) is 5.54. The van der Waals surface area contributed by atoms with Crippen molar-refractivity contribution in [1.29, 1.82) is 21.2 Å². The molecule has 8 nitrogen and oxygen atoms in total. The van der Waals surface area contributed by atoms with E-state index in [1.807, 2.05) is 25.3 Å². The van der Waals surface area contributed by atoms with E-state index in [-0.39, 0.29) is 17.3 Å². The first-order valence-corrected chi connectivity index (χ1v) is 8.46. The third kappa shape index (κ3) is 2.66. The van der Waals surface area contributed by atoms with Crippen LogP contribution in [0.5, 0.6) is 0 Å². The number of likely N-dealkylation sites (N-methyl/N-ethyl adjacent to an activating group) is 1. The quantitative estimate of drug-likeness (QED) is 0.458. The van der Waals surface area contributed by atoms with Gasteiger partial charge in [0.1, 0.15) is 5.92 Å². The molecule has 0 amide bonds. The highest BCUT2D eigenvalue weighted by atomic mass is 16.6. The van der Waals surface area contributed by atoms with Crippen LogP contribution in [0.1, 0.15) is 11.5 Å². The molecule has 1 aliphatic heterocycles. The molecule has 1 aromatic carbocycles. The van der Waals surface area contributed by atoms with Crippen molar-refractivity contribution in [3.8, 4) is 18.2 Å². The van der Waals surface area contributed by atoms with Crippen LogP contribution in [0, 0.1) is 66.8 Å². The molecular weight excluding hydrogens is 344 g/mol. The predicted octanol–water partition coefficient (Wildman–Crippen LogP) is 0.956. The molecule has 0 aromatic heterocycles. The molecular formula is C19H17N6O2+. The van der Waals surface area contributed by atoms with E-state index in [0.29, 0.717) is 18.7 Å². The first-order valence-electron chi connectivity index (χ1n) is 8.46. The predicted molar refractivity (Wildman–Crippen MR) is 94.5 cm³/mol. The first-order chi connectivity index (χ1) is 12.9. The van der Waals surface area contributed by atoms with Gasteiger partial charge in [-0.05, 0) is 17.2 Å². The molecule has 134 valence electrons. The van der Waals surface area contributed by atoms with Gasteiger partial charge < -0.3 is 10.3 Å². The summed E-state index contributed by atoms with van der Waals surface area (Å²) >= 11 is 0. The average molecular weight is 361 g/mol. The highest BCUT2D eigenvalue weighted by Gasteiger charge is 2.58. The van der Waals surface area contributed by atoms with Crippen molar-refractivity contribution in [2.24, 2.45) is 17.3 Å². The smallest absolute Gasteiger partial charge is 0.269 e. The lowest BCUT2D eigenvalue weighted by molar-refractivity contribution is -0.878. The van der Waals surface area contributed by atoms with Crippen molar-refractivity contribution < 1.29 is 9.82 Å². The van der Waals surface area contributed by atoms with E-state index in [1.165, 1.54) is 17.0 Å². The summed E-state index contributed by atoms with van der Waals surface area (Å²) in [6.07, 6.45) is 1.93. The number of quaternary nitrogens is 1. The number of rotatable bonds is 2. The monoisotopic (exact) mass is 361 g/mol. The Hall–Kier alpha value is -3.54. The number of nitrogens with zero attached hydrogens (tertiary/aromatic N) is 4. The van der Waals surface area contributed by atoms with Crippen LogP contribution in [0.4, 0.5) is 5.69 Å². The van der Waals surface area contributed by atoms with Gasteiger partial charge in [-0.2, -0.15) is 15.8 Å². The molecule has 8 heteroatoms. The number of fused-ring (bicyclic) bond motifs is 1. The minimum Gasteiger partial charge on any atom is -0.334 e. The Labute approximate surface area is 156 Å². The maximum Gasteiger partial charge on any atom is 0.269 e. The minimum atomic E-state index is -1.78. The number of hydrogen-bond donors (Lipinski definition) is 2. The summed E-state index contributed by atoms with van der Waals surface area (Å²) in [5.74, 6) is -1.82. The van der Waals surface area contributed by atoms with Gasteiger partial charge >= 0.3 is 0 Å². The van der Waals surface area contributed by atoms with Crippen LogP contribution in [-0.2, 0) is 0 Å². The van der Waals surface area contributed by atoms with Gasteiger partial charge in [0.05, 0.1) is 49.0 Å². The number of nitrogens with one attached hydrogen (secondary N) is 2. The third-order valence-electron chi connectivity index (χ3n) is 5.54. The summed E-state index contributed by atoms with van der Waals surface area (Å²) in [6, 6.07) is 11.9. The molecule has 27 heavy (non-hydrogen) atoms. The van der Waals surface area contributed by atoms with Crippen molar-refractivity contribution >= 4 is 11.4 Å². The number of nitro benzene ring substituents is 1. The second-order valence-corrected chi connectivity index (χ2v) is 7.01. The van der Waals surface area contributed by atoms with Crippen LogP contribution in [-0.4, -0.2) is 30.8 Å². The lowest BCUT2D eigenvalue weighted by Gasteiger charge is -2.45. The van der Waals surface area contributed by atoms with Gasteiger partial charge in [0.15, 0.2) is 5.41 Å². The SMILES string of the molecule is C[NH+]1CC=C2C(C#N)C(=N)C(C#N)(C#N)[C@@H](c3ccc([N+](=O)[O-])cc3)[C@H]2C1. The standard InChI is InChI=1S/C19H16N6O2/c1-24-7-6-14-15(8-20)18(23)19(10-21,11-22)17(16(14)9-24)12-2-4-13(5-3-12)25(26)27/h2-6,15-17,23H,7,9H2,1H3/p+1/t15?,16-,17-/m0/s1. The molecule has 1 aliphatic carbocycles. The topological polar surface area (TPSA) is 143 Å². The first kappa shape index (κ1) is 18.3. The molecule has 0 saturated heterocycles. The van der Waals surface area contributed by atoms with E-state index in [2.05, 4.69) is 6.07 Å². The molecule has 1 fully saturated rings. The molecule has 1 saturated carbocycles. The van der Waals surface area contributed by atoms with Gasteiger partial charge in [-0.15, -0.1) is 0 Å². The van der Waals surface area contributed by atoms with Gasteiger partial charge in [0.25, 0.3) is 5.69 Å².